The van der Waals surface area contributed by atoms with Crippen LogP contribution in [0.25, 0.3) is 0 Å². The standard InChI is InChI=1S/C30H44N4O8/c1-19(31-24(35)17-34-12-14-41-15-13-34)28(38)33-25(26(36)21-8-10-22(40-3)11-9-21)29(39)32-23(16-20-6-4-5-7-20)27(37)30(2)18-42-30/h8-11,19-20,23,25-26,36H,4-7,12-18H2,1-3H3,(H,31,35)(H,32,39)(H,33,38)/t19?,23?,25-,26-,30?/m0/s1. The van der Waals surface area contributed by atoms with Crippen LogP contribution in [-0.4, -0.2) is 104 Å². The van der Waals surface area contributed by atoms with Crippen LogP contribution in [0.1, 0.15) is 57.6 Å². The number of epoxide rings is 1. The number of aliphatic hydroxyl groups excluding tert-OH is 1. The molecule has 3 amide bonds. The lowest BCUT2D eigenvalue weighted by atomic mass is 9.90. The molecule has 3 aliphatic rings. The molecule has 232 valence electrons. The Morgan fingerprint density at radius 1 is 1.05 bits per heavy atom. The number of aliphatic hydroxyl groups is 1. The Labute approximate surface area is 246 Å². The second-order valence-corrected chi connectivity index (χ2v) is 11.7. The second-order valence-electron chi connectivity index (χ2n) is 11.7. The number of benzene rings is 1. The molecule has 4 rings (SSSR count). The molecule has 42 heavy (non-hydrogen) atoms. The Kier molecular flexibility index (Phi) is 10.9. The highest BCUT2D eigenvalue weighted by molar-refractivity contribution is 5.98. The van der Waals surface area contributed by atoms with Gasteiger partial charge in [-0.25, -0.2) is 0 Å². The molecule has 3 unspecified atom stereocenters. The van der Waals surface area contributed by atoms with Crippen molar-refractivity contribution < 1.29 is 38.5 Å². The first-order chi connectivity index (χ1) is 20.1. The first-order valence-electron chi connectivity index (χ1n) is 14.8. The minimum absolute atomic E-state index is 0.116. The lowest BCUT2D eigenvalue weighted by molar-refractivity contribution is -0.136. The first-order valence-corrected chi connectivity index (χ1v) is 14.8. The number of hydrogen-bond donors (Lipinski definition) is 4. The van der Waals surface area contributed by atoms with Gasteiger partial charge >= 0.3 is 0 Å². The molecule has 2 aliphatic heterocycles. The molecule has 1 saturated carbocycles. The maximum Gasteiger partial charge on any atom is 0.246 e. The predicted octanol–water partition coefficient (Wildman–Crippen LogP) is 0.473. The molecule has 1 aromatic rings. The number of rotatable bonds is 14. The normalized spacial score (nSPS) is 23.7. The van der Waals surface area contributed by atoms with Gasteiger partial charge in [-0.3, -0.25) is 24.1 Å². The van der Waals surface area contributed by atoms with E-state index >= 15 is 0 Å². The number of amides is 3. The second kappa shape index (κ2) is 14.4. The third-order valence-corrected chi connectivity index (χ3v) is 8.37. The van der Waals surface area contributed by atoms with Crippen LogP contribution in [-0.2, 0) is 28.7 Å². The van der Waals surface area contributed by atoms with Gasteiger partial charge in [0.25, 0.3) is 0 Å². The summed E-state index contributed by atoms with van der Waals surface area (Å²) in [6.07, 6.45) is 3.15. The summed E-state index contributed by atoms with van der Waals surface area (Å²) in [6, 6.07) is 3.25. The average Bonchev–Trinajstić information content (AvgIpc) is 3.53. The van der Waals surface area contributed by atoms with Crippen LogP contribution in [0.4, 0.5) is 0 Å². The van der Waals surface area contributed by atoms with E-state index in [4.69, 9.17) is 14.2 Å². The summed E-state index contributed by atoms with van der Waals surface area (Å²) in [5.74, 6) is -1.03. The molecule has 0 radical (unpaired) electrons. The topological polar surface area (TPSA) is 159 Å². The fourth-order valence-electron chi connectivity index (χ4n) is 5.57. The van der Waals surface area contributed by atoms with Crippen molar-refractivity contribution in [2.45, 2.75) is 75.8 Å². The van der Waals surface area contributed by atoms with Crippen molar-refractivity contribution in [3.8, 4) is 5.75 Å². The van der Waals surface area contributed by atoms with Gasteiger partial charge < -0.3 is 35.3 Å². The zero-order chi connectivity index (χ0) is 30.3. The van der Waals surface area contributed by atoms with Gasteiger partial charge in [0.05, 0.1) is 39.5 Å². The molecule has 5 atom stereocenters. The van der Waals surface area contributed by atoms with Crippen molar-refractivity contribution in [2.24, 2.45) is 5.92 Å². The van der Waals surface area contributed by atoms with Crippen molar-refractivity contribution in [3.05, 3.63) is 29.8 Å². The van der Waals surface area contributed by atoms with Crippen molar-refractivity contribution >= 4 is 23.5 Å². The fourth-order valence-corrected chi connectivity index (χ4v) is 5.57. The summed E-state index contributed by atoms with van der Waals surface area (Å²) in [6.45, 7) is 5.95. The zero-order valence-electron chi connectivity index (χ0n) is 24.7. The number of carbonyl (C=O) groups excluding carboxylic acids is 4. The van der Waals surface area contributed by atoms with E-state index in [1.54, 1.807) is 31.2 Å². The van der Waals surface area contributed by atoms with E-state index < -0.39 is 41.6 Å². The lowest BCUT2D eigenvalue weighted by Crippen LogP contribution is -2.58. The molecule has 3 fully saturated rings. The third kappa shape index (κ3) is 8.50. The van der Waals surface area contributed by atoms with Gasteiger partial charge in [0.2, 0.25) is 17.7 Å². The van der Waals surface area contributed by atoms with E-state index in [1.807, 2.05) is 4.90 Å². The summed E-state index contributed by atoms with van der Waals surface area (Å²) in [7, 11) is 1.52. The number of nitrogens with one attached hydrogen (secondary N) is 3. The molecule has 0 aromatic heterocycles. The van der Waals surface area contributed by atoms with Gasteiger partial charge in [-0.15, -0.1) is 0 Å². The molecule has 12 nitrogen and oxygen atoms in total. The van der Waals surface area contributed by atoms with Crippen LogP contribution in [0.3, 0.4) is 0 Å². The number of Topliss-reactive ketones (excluding diaryl/α,β-unsaturated/α-hetero) is 1. The van der Waals surface area contributed by atoms with E-state index in [0.717, 1.165) is 25.7 Å². The monoisotopic (exact) mass is 588 g/mol. The van der Waals surface area contributed by atoms with E-state index in [0.29, 0.717) is 56.6 Å². The summed E-state index contributed by atoms with van der Waals surface area (Å²) < 4.78 is 15.9. The van der Waals surface area contributed by atoms with Crippen molar-refractivity contribution in [1.82, 2.24) is 20.9 Å². The molecule has 0 spiro atoms. The fraction of sp³-hybridized carbons (Fsp3) is 0.667. The average molecular weight is 589 g/mol. The minimum atomic E-state index is -1.44. The Morgan fingerprint density at radius 2 is 1.69 bits per heavy atom. The van der Waals surface area contributed by atoms with Gasteiger partial charge in [-0.2, -0.15) is 0 Å². The summed E-state index contributed by atoms with van der Waals surface area (Å²) in [5, 5.41) is 19.4. The quantitative estimate of drug-likeness (QED) is 0.227. The Morgan fingerprint density at radius 3 is 2.29 bits per heavy atom. The SMILES string of the molecule is COc1ccc([C@H](O)[C@H](NC(=O)C(C)NC(=O)CN2CCOCC2)C(=O)NC(CC2CCCC2)C(=O)C2(C)CO2)cc1. The number of morpholine rings is 1. The Bertz CT molecular complexity index is 1100. The number of ketones is 1. The Hall–Kier alpha value is -3.06. The van der Waals surface area contributed by atoms with E-state index in [1.165, 1.54) is 14.0 Å². The van der Waals surface area contributed by atoms with Gasteiger partial charge in [0.15, 0.2) is 5.78 Å². The van der Waals surface area contributed by atoms with Crippen LogP contribution in [0.15, 0.2) is 24.3 Å². The van der Waals surface area contributed by atoms with E-state index in [2.05, 4.69) is 16.0 Å². The van der Waals surface area contributed by atoms with Crippen molar-refractivity contribution in [2.75, 3.05) is 46.6 Å². The largest absolute Gasteiger partial charge is 0.497 e. The van der Waals surface area contributed by atoms with Crippen molar-refractivity contribution in [1.29, 1.82) is 0 Å². The molecule has 2 saturated heterocycles. The highest BCUT2D eigenvalue weighted by Gasteiger charge is 2.50. The minimum Gasteiger partial charge on any atom is -0.497 e. The van der Waals surface area contributed by atoms with E-state index in [9.17, 15) is 24.3 Å². The zero-order valence-corrected chi connectivity index (χ0v) is 24.7. The van der Waals surface area contributed by atoms with Gasteiger partial charge in [0.1, 0.15) is 29.5 Å². The first kappa shape index (κ1) is 31.9. The maximum absolute atomic E-state index is 13.8. The smallest absolute Gasteiger partial charge is 0.246 e. The highest BCUT2D eigenvalue weighted by atomic mass is 16.6. The van der Waals surface area contributed by atoms with Crippen LogP contribution in [0, 0.1) is 5.92 Å². The molecular formula is C30H44N4O8. The molecule has 12 heteroatoms. The summed E-state index contributed by atoms with van der Waals surface area (Å²) in [5.41, 5.74) is -0.570. The molecule has 4 N–H and O–H groups in total. The molecule has 1 aliphatic carbocycles. The van der Waals surface area contributed by atoms with E-state index in [-0.39, 0.29) is 18.2 Å². The third-order valence-electron chi connectivity index (χ3n) is 8.37. The van der Waals surface area contributed by atoms with Crippen LogP contribution < -0.4 is 20.7 Å². The molecular weight excluding hydrogens is 544 g/mol. The van der Waals surface area contributed by atoms with Gasteiger partial charge in [0, 0.05) is 13.1 Å². The number of hydrogen-bond acceptors (Lipinski definition) is 9. The van der Waals surface area contributed by atoms with Crippen LogP contribution in [0.5, 0.6) is 5.75 Å². The summed E-state index contributed by atoms with van der Waals surface area (Å²) >= 11 is 0. The lowest BCUT2D eigenvalue weighted by Gasteiger charge is -2.29. The molecule has 2 heterocycles. The summed E-state index contributed by atoms with van der Waals surface area (Å²) in [4.78, 5) is 54.8. The predicted molar refractivity (Wildman–Crippen MR) is 153 cm³/mol. The Balaban J connectivity index is 1.47. The van der Waals surface area contributed by atoms with Crippen LogP contribution in [0.2, 0.25) is 0 Å². The van der Waals surface area contributed by atoms with Crippen LogP contribution >= 0.6 is 0 Å². The highest BCUT2D eigenvalue weighted by Crippen LogP contribution is 2.33. The van der Waals surface area contributed by atoms with Gasteiger partial charge in [-0.05, 0) is 43.9 Å². The maximum atomic E-state index is 13.8. The number of nitrogens with zero attached hydrogens (tertiary/aromatic N) is 1. The number of methoxy groups -OCH3 is 1. The number of carbonyl (C=O) groups is 4. The van der Waals surface area contributed by atoms with Gasteiger partial charge in [-0.1, -0.05) is 37.8 Å². The van der Waals surface area contributed by atoms with Crippen molar-refractivity contribution in [3.63, 3.8) is 0 Å². The molecule has 1 aromatic carbocycles. The number of ether oxygens (including phenoxy) is 3. The molecule has 0 bridgehead atoms.